The van der Waals surface area contributed by atoms with E-state index in [1.165, 1.54) is 11.1 Å². The number of ether oxygens (including phenoxy) is 1. The van der Waals surface area contributed by atoms with Crippen LogP contribution in [-0.4, -0.2) is 30.4 Å². The van der Waals surface area contributed by atoms with Gasteiger partial charge in [0.25, 0.3) is 0 Å². The Labute approximate surface area is 104 Å². The van der Waals surface area contributed by atoms with Crippen LogP contribution >= 0.6 is 0 Å². The average molecular weight is 238 g/mol. The van der Waals surface area contributed by atoms with Gasteiger partial charge in [-0.05, 0) is 51.0 Å². The minimum absolute atomic E-state index is 0.353. The fourth-order valence-corrected chi connectivity index (χ4v) is 1.71. The third-order valence-corrected chi connectivity index (χ3v) is 2.52. The molecule has 0 aliphatic carbocycles. The van der Waals surface area contributed by atoms with Gasteiger partial charge in [0.15, 0.2) is 0 Å². The molecule has 0 radical (unpaired) electrons. The van der Waals surface area contributed by atoms with E-state index in [9.17, 15) is 5.11 Å². The Morgan fingerprint density at radius 2 is 1.76 bits per heavy atom. The molecule has 3 heteroatoms. The van der Waals surface area contributed by atoms with Crippen molar-refractivity contribution < 1.29 is 15.2 Å². The van der Waals surface area contributed by atoms with Gasteiger partial charge in [0.2, 0.25) is 0 Å². The Morgan fingerprint density at radius 3 is 2.29 bits per heavy atom. The summed E-state index contributed by atoms with van der Waals surface area (Å²) in [5, 5.41) is 11.8. The highest BCUT2D eigenvalue weighted by molar-refractivity contribution is 5.32. The van der Waals surface area contributed by atoms with Crippen LogP contribution < -0.4 is 10.1 Å². The quantitative estimate of drug-likeness (QED) is 0.777. The summed E-state index contributed by atoms with van der Waals surface area (Å²) >= 11 is 0. The predicted octanol–water partition coefficient (Wildman–Crippen LogP) is 1.01. The number of quaternary nitrogens is 1. The van der Waals surface area contributed by atoms with Crippen LogP contribution in [0.3, 0.4) is 0 Å². The number of rotatable bonds is 6. The van der Waals surface area contributed by atoms with E-state index < -0.39 is 6.10 Å². The first-order valence-electron chi connectivity index (χ1n) is 6.20. The minimum Gasteiger partial charge on any atom is -0.491 e. The number of aliphatic hydroxyl groups excluding tert-OH is 1. The smallest absolute Gasteiger partial charge is 0.137 e. The molecule has 1 aromatic rings. The SMILES string of the molecule is Cc1cc(C)cc(OCC(O)C[NH2+]C(C)C)c1. The van der Waals surface area contributed by atoms with E-state index in [4.69, 9.17) is 4.74 Å². The van der Waals surface area contributed by atoms with Gasteiger partial charge in [-0.15, -0.1) is 0 Å². The minimum atomic E-state index is -0.418. The first kappa shape index (κ1) is 14.0. The van der Waals surface area contributed by atoms with Crippen molar-refractivity contribution in [3.63, 3.8) is 0 Å². The highest BCUT2D eigenvalue weighted by Gasteiger charge is 2.08. The molecule has 1 rings (SSSR count). The lowest BCUT2D eigenvalue weighted by atomic mass is 10.1. The van der Waals surface area contributed by atoms with E-state index in [1.807, 2.05) is 26.0 Å². The molecule has 0 fully saturated rings. The van der Waals surface area contributed by atoms with Crippen molar-refractivity contribution in [2.24, 2.45) is 0 Å². The van der Waals surface area contributed by atoms with Crippen molar-refractivity contribution in [1.82, 2.24) is 0 Å². The highest BCUT2D eigenvalue weighted by Crippen LogP contribution is 2.16. The van der Waals surface area contributed by atoms with Gasteiger partial charge in [0.1, 0.15) is 25.0 Å². The Bertz CT molecular complexity index is 330. The molecule has 0 spiro atoms. The maximum atomic E-state index is 9.74. The molecule has 3 nitrogen and oxygen atoms in total. The lowest BCUT2D eigenvalue weighted by molar-refractivity contribution is -0.688. The van der Waals surface area contributed by atoms with Gasteiger partial charge in [-0.1, -0.05) is 6.07 Å². The number of hydrogen-bond donors (Lipinski definition) is 2. The summed E-state index contributed by atoms with van der Waals surface area (Å²) in [5.74, 6) is 0.839. The summed E-state index contributed by atoms with van der Waals surface area (Å²) in [6.07, 6.45) is -0.418. The van der Waals surface area contributed by atoms with Crippen LogP contribution in [0.25, 0.3) is 0 Å². The van der Waals surface area contributed by atoms with Crippen LogP contribution in [0.5, 0.6) is 5.75 Å². The van der Waals surface area contributed by atoms with Crippen LogP contribution in [0.4, 0.5) is 0 Å². The summed E-state index contributed by atoms with van der Waals surface area (Å²) in [6, 6.07) is 6.60. The molecule has 0 heterocycles. The molecule has 0 aliphatic rings. The summed E-state index contributed by atoms with van der Waals surface area (Å²) in [7, 11) is 0. The molecule has 0 bridgehead atoms. The van der Waals surface area contributed by atoms with Crippen LogP contribution in [0.2, 0.25) is 0 Å². The van der Waals surface area contributed by atoms with Gasteiger partial charge >= 0.3 is 0 Å². The Hall–Kier alpha value is -1.06. The summed E-state index contributed by atoms with van der Waals surface area (Å²) in [4.78, 5) is 0. The van der Waals surface area contributed by atoms with Crippen molar-refractivity contribution in [2.45, 2.75) is 39.8 Å². The number of aryl methyl sites for hydroxylation is 2. The molecule has 1 aromatic carbocycles. The van der Waals surface area contributed by atoms with Crippen LogP contribution in [0.1, 0.15) is 25.0 Å². The van der Waals surface area contributed by atoms with Gasteiger partial charge in [-0.3, -0.25) is 0 Å². The first-order valence-corrected chi connectivity index (χ1v) is 6.20. The Kier molecular flexibility index (Phi) is 5.45. The molecule has 3 N–H and O–H groups in total. The van der Waals surface area contributed by atoms with Crippen LogP contribution in [0, 0.1) is 13.8 Å². The van der Waals surface area contributed by atoms with E-state index in [1.54, 1.807) is 0 Å². The molecule has 0 saturated heterocycles. The number of benzene rings is 1. The molecule has 0 saturated carbocycles. The lowest BCUT2D eigenvalue weighted by Crippen LogP contribution is -2.90. The maximum absolute atomic E-state index is 9.74. The number of nitrogens with two attached hydrogens (primary N) is 1. The van der Waals surface area contributed by atoms with Gasteiger partial charge in [-0.2, -0.15) is 0 Å². The first-order chi connectivity index (χ1) is 7.97. The van der Waals surface area contributed by atoms with E-state index >= 15 is 0 Å². The second kappa shape index (κ2) is 6.62. The molecule has 0 amide bonds. The van der Waals surface area contributed by atoms with Crippen molar-refractivity contribution in [3.8, 4) is 5.75 Å². The number of hydrogen-bond acceptors (Lipinski definition) is 2. The highest BCUT2D eigenvalue weighted by atomic mass is 16.5. The fraction of sp³-hybridized carbons (Fsp3) is 0.571. The monoisotopic (exact) mass is 238 g/mol. The fourth-order valence-electron chi connectivity index (χ4n) is 1.71. The standard InChI is InChI=1S/C14H23NO2/c1-10(2)15-8-13(16)9-17-14-6-11(3)5-12(4)7-14/h5-7,10,13,15-16H,8-9H2,1-4H3/p+1. The third-order valence-electron chi connectivity index (χ3n) is 2.52. The van der Waals surface area contributed by atoms with Gasteiger partial charge in [0, 0.05) is 0 Å². The second-order valence-electron chi connectivity index (χ2n) is 5.00. The van der Waals surface area contributed by atoms with Crippen molar-refractivity contribution in [3.05, 3.63) is 29.3 Å². The maximum Gasteiger partial charge on any atom is 0.137 e. The number of aliphatic hydroxyl groups is 1. The second-order valence-corrected chi connectivity index (χ2v) is 5.00. The molecule has 17 heavy (non-hydrogen) atoms. The van der Waals surface area contributed by atoms with Crippen LogP contribution in [0.15, 0.2) is 18.2 Å². The predicted molar refractivity (Wildman–Crippen MR) is 69.3 cm³/mol. The van der Waals surface area contributed by atoms with E-state index in [0.717, 1.165) is 5.75 Å². The normalized spacial score (nSPS) is 12.8. The largest absolute Gasteiger partial charge is 0.491 e. The van der Waals surface area contributed by atoms with Gasteiger partial charge in [-0.25, -0.2) is 0 Å². The molecule has 0 aliphatic heterocycles. The van der Waals surface area contributed by atoms with Gasteiger partial charge in [0.05, 0.1) is 6.04 Å². The molecule has 0 aromatic heterocycles. The Balaban J connectivity index is 2.39. The van der Waals surface area contributed by atoms with Crippen molar-refractivity contribution in [1.29, 1.82) is 0 Å². The van der Waals surface area contributed by atoms with E-state index in [0.29, 0.717) is 19.2 Å². The van der Waals surface area contributed by atoms with E-state index in [2.05, 4.69) is 25.2 Å². The topological polar surface area (TPSA) is 46.1 Å². The zero-order valence-corrected chi connectivity index (χ0v) is 11.2. The molecular weight excluding hydrogens is 214 g/mol. The Morgan fingerprint density at radius 1 is 1.18 bits per heavy atom. The van der Waals surface area contributed by atoms with Crippen molar-refractivity contribution >= 4 is 0 Å². The van der Waals surface area contributed by atoms with Gasteiger partial charge < -0.3 is 15.2 Å². The molecular formula is C14H24NO2+. The van der Waals surface area contributed by atoms with E-state index in [-0.39, 0.29) is 0 Å². The summed E-state index contributed by atoms with van der Waals surface area (Å²) in [5.41, 5.74) is 2.37. The van der Waals surface area contributed by atoms with Crippen molar-refractivity contribution in [2.75, 3.05) is 13.2 Å². The zero-order valence-electron chi connectivity index (χ0n) is 11.2. The zero-order chi connectivity index (χ0) is 12.8. The summed E-state index contributed by atoms with van der Waals surface area (Å²) < 4.78 is 5.59. The molecule has 96 valence electrons. The average Bonchev–Trinajstić information content (AvgIpc) is 2.22. The third kappa shape index (κ3) is 5.71. The van der Waals surface area contributed by atoms with Crippen LogP contribution in [-0.2, 0) is 0 Å². The molecule has 1 atom stereocenters. The summed E-state index contributed by atoms with van der Waals surface area (Å²) in [6.45, 7) is 9.34. The molecule has 1 unspecified atom stereocenters. The lowest BCUT2D eigenvalue weighted by Gasteiger charge is -2.13.